The second-order valence-corrected chi connectivity index (χ2v) is 6.53. The van der Waals surface area contributed by atoms with Crippen LogP contribution in [0.15, 0.2) is 72.9 Å². The number of hydrogen-bond acceptors (Lipinski definition) is 6. The molecule has 0 amide bonds. The normalized spacial score (nSPS) is 10.6. The van der Waals surface area contributed by atoms with Gasteiger partial charge in [-0.2, -0.15) is 0 Å². The molecule has 0 aliphatic carbocycles. The summed E-state index contributed by atoms with van der Waals surface area (Å²) in [6.45, 7) is 0.242. The van der Waals surface area contributed by atoms with E-state index in [1.807, 2.05) is 66.7 Å². The Bertz CT molecular complexity index is 1180. The van der Waals surface area contributed by atoms with Gasteiger partial charge in [-0.25, -0.2) is 9.78 Å². The molecule has 0 fully saturated rings. The Labute approximate surface area is 174 Å². The molecule has 150 valence electrons. The molecule has 4 aromatic rings. The zero-order valence-electron chi connectivity index (χ0n) is 16.7. The van der Waals surface area contributed by atoms with E-state index in [0.29, 0.717) is 17.0 Å². The number of fused-ring (bicyclic) bond motifs is 1. The van der Waals surface area contributed by atoms with E-state index < -0.39 is 5.97 Å². The fourth-order valence-electron chi connectivity index (χ4n) is 3.18. The first kappa shape index (κ1) is 19.4. The fourth-order valence-corrected chi connectivity index (χ4v) is 3.18. The smallest absolute Gasteiger partial charge is 0.360 e. The molecule has 0 saturated carbocycles. The van der Waals surface area contributed by atoms with Crippen molar-refractivity contribution in [3.8, 4) is 22.8 Å². The average molecular weight is 400 g/mol. The molecule has 0 bridgehead atoms. The summed E-state index contributed by atoms with van der Waals surface area (Å²) < 4.78 is 16.2. The van der Waals surface area contributed by atoms with E-state index in [4.69, 9.17) is 14.2 Å². The van der Waals surface area contributed by atoms with Crippen LogP contribution in [0.2, 0.25) is 0 Å². The molecule has 0 unspecified atom stereocenters. The summed E-state index contributed by atoms with van der Waals surface area (Å²) in [5.41, 5.74) is 3.09. The maximum atomic E-state index is 12.5. The van der Waals surface area contributed by atoms with Gasteiger partial charge in [-0.15, -0.1) is 0 Å². The molecule has 0 saturated heterocycles. The highest BCUT2D eigenvalue weighted by atomic mass is 16.5. The van der Waals surface area contributed by atoms with Crippen LogP contribution in [0, 0.1) is 0 Å². The summed E-state index contributed by atoms with van der Waals surface area (Å²) in [4.78, 5) is 21.7. The van der Waals surface area contributed by atoms with Crippen LogP contribution in [0.4, 0.5) is 0 Å². The molecule has 4 rings (SSSR count). The Balaban J connectivity index is 1.82. The third-order valence-corrected chi connectivity index (χ3v) is 4.68. The van der Waals surface area contributed by atoms with Crippen molar-refractivity contribution in [1.29, 1.82) is 0 Å². The summed E-state index contributed by atoms with van der Waals surface area (Å²) >= 11 is 0. The van der Waals surface area contributed by atoms with E-state index in [-0.39, 0.29) is 12.3 Å². The summed E-state index contributed by atoms with van der Waals surface area (Å²) in [5, 5.41) is 0.793. The molecule has 6 nitrogen and oxygen atoms in total. The number of ether oxygens (including phenoxy) is 3. The van der Waals surface area contributed by atoms with Crippen molar-refractivity contribution in [3.63, 3.8) is 0 Å². The van der Waals surface area contributed by atoms with Crippen molar-refractivity contribution in [2.75, 3.05) is 14.2 Å². The van der Waals surface area contributed by atoms with Crippen LogP contribution in [0.25, 0.3) is 22.2 Å². The minimum atomic E-state index is -0.579. The predicted molar refractivity (Wildman–Crippen MR) is 114 cm³/mol. The SMILES string of the molecule is COC(=O)c1nc(-c2ccccc2)c2cccnc2c1OCc1ccc(OC)cc1. The largest absolute Gasteiger partial charge is 0.497 e. The van der Waals surface area contributed by atoms with Gasteiger partial charge in [0.15, 0.2) is 11.4 Å². The first-order valence-electron chi connectivity index (χ1n) is 9.39. The zero-order chi connectivity index (χ0) is 20.9. The lowest BCUT2D eigenvalue weighted by atomic mass is 10.1. The Morgan fingerprint density at radius 1 is 0.933 bits per heavy atom. The van der Waals surface area contributed by atoms with Crippen LogP contribution >= 0.6 is 0 Å². The summed E-state index contributed by atoms with van der Waals surface area (Å²) in [5.74, 6) is 0.479. The lowest BCUT2D eigenvalue weighted by molar-refractivity contribution is 0.0589. The van der Waals surface area contributed by atoms with Crippen molar-refractivity contribution < 1.29 is 19.0 Å². The van der Waals surface area contributed by atoms with Gasteiger partial charge in [0.25, 0.3) is 0 Å². The lowest BCUT2D eigenvalue weighted by Crippen LogP contribution is -2.10. The van der Waals surface area contributed by atoms with Crippen LogP contribution in [-0.2, 0) is 11.3 Å². The van der Waals surface area contributed by atoms with Crippen LogP contribution in [0.1, 0.15) is 16.1 Å². The zero-order valence-corrected chi connectivity index (χ0v) is 16.7. The van der Waals surface area contributed by atoms with E-state index in [0.717, 1.165) is 22.3 Å². The van der Waals surface area contributed by atoms with Crippen LogP contribution in [0.3, 0.4) is 0 Å². The van der Waals surface area contributed by atoms with Crippen molar-refractivity contribution >= 4 is 16.9 Å². The number of pyridine rings is 2. The van der Waals surface area contributed by atoms with Crippen LogP contribution < -0.4 is 9.47 Å². The molecule has 2 aromatic carbocycles. The first-order chi connectivity index (χ1) is 14.7. The number of esters is 1. The molecule has 0 spiro atoms. The third-order valence-electron chi connectivity index (χ3n) is 4.68. The van der Waals surface area contributed by atoms with Gasteiger partial charge in [0, 0.05) is 17.1 Å². The fraction of sp³-hybridized carbons (Fsp3) is 0.125. The number of nitrogens with zero attached hydrogens (tertiary/aromatic N) is 2. The molecule has 0 N–H and O–H groups in total. The highest BCUT2D eigenvalue weighted by molar-refractivity contribution is 6.03. The third kappa shape index (κ3) is 3.80. The molecule has 0 aliphatic heterocycles. The lowest BCUT2D eigenvalue weighted by Gasteiger charge is -2.15. The van der Waals surface area contributed by atoms with Crippen molar-refractivity contribution in [3.05, 3.63) is 84.2 Å². The molecule has 0 aliphatic rings. The first-order valence-corrected chi connectivity index (χ1v) is 9.39. The van der Waals surface area contributed by atoms with Gasteiger partial charge in [-0.1, -0.05) is 42.5 Å². The molecular formula is C24H20N2O4. The molecule has 0 atom stereocenters. The van der Waals surface area contributed by atoms with Gasteiger partial charge in [0.05, 0.1) is 19.9 Å². The minimum Gasteiger partial charge on any atom is -0.497 e. The highest BCUT2D eigenvalue weighted by Gasteiger charge is 2.23. The monoisotopic (exact) mass is 400 g/mol. The van der Waals surface area contributed by atoms with Gasteiger partial charge < -0.3 is 14.2 Å². The topological polar surface area (TPSA) is 70.5 Å². The molecule has 6 heteroatoms. The molecule has 0 radical (unpaired) electrons. The number of carbonyl (C=O) groups excluding carboxylic acids is 1. The number of hydrogen-bond donors (Lipinski definition) is 0. The molecule has 2 heterocycles. The Hall–Kier alpha value is -3.93. The van der Waals surface area contributed by atoms with Gasteiger partial charge in [-0.05, 0) is 29.8 Å². The van der Waals surface area contributed by atoms with Gasteiger partial charge in [0.1, 0.15) is 17.9 Å². The number of carbonyl (C=O) groups is 1. The van der Waals surface area contributed by atoms with Crippen molar-refractivity contribution in [2.45, 2.75) is 6.61 Å². The molecule has 30 heavy (non-hydrogen) atoms. The number of aromatic nitrogens is 2. The molecule has 2 aromatic heterocycles. The second-order valence-electron chi connectivity index (χ2n) is 6.53. The Morgan fingerprint density at radius 3 is 2.40 bits per heavy atom. The second kappa shape index (κ2) is 8.61. The van der Waals surface area contributed by atoms with E-state index in [9.17, 15) is 4.79 Å². The quantitative estimate of drug-likeness (QED) is 0.438. The Morgan fingerprint density at radius 2 is 1.70 bits per heavy atom. The number of benzene rings is 2. The van der Waals surface area contributed by atoms with E-state index >= 15 is 0 Å². The van der Waals surface area contributed by atoms with Crippen molar-refractivity contribution in [1.82, 2.24) is 9.97 Å². The number of rotatable bonds is 6. The summed E-state index contributed by atoms with van der Waals surface area (Å²) in [6, 6.07) is 20.9. The van der Waals surface area contributed by atoms with Gasteiger partial charge in [-0.3, -0.25) is 4.98 Å². The highest BCUT2D eigenvalue weighted by Crippen LogP contribution is 2.34. The number of methoxy groups -OCH3 is 2. The van der Waals surface area contributed by atoms with Gasteiger partial charge in [0.2, 0.25) is 0 Å². The summed E-state index contributed by atoms with van der Waals surface area (Å²) in [7, 11) is 2.94. The van der Waals surface area contributed by atoms with Crippen LogP contribution in [-0.4, -0.2) is 30.2 Å². The van der Waals surface area contributed by atoms with Crippen molar-refractivity contribution in [2.24, 2.45) is 0 Å². The van der Waals surface area contributed by atoms with E-state index in [1.165, 1.54) is 7.11 Å². The molecular weight excluding hydrogens is 380 g/mol. The van der Waals surface area contributed by atoms with E-state index in [1.54, 1.807) is 13.3 Å². The maximum Gasteiger partial charge on any atom is 0.360 e. The van der Waals surface area contributed by atoms with Gasteiger partial charge >= 0.3 is 5.97 Å². The minimum absolute atomic E-state index is 0.0936. The van der Waals surface area contributed by atoms with E-state index in [2.05, 4.69) is 9.97 Å². The Kier molecular flexibility index (Phi) is 5.57. The summed E-state index contributed by atoms with van der Waals surface area (Å²) in [6.07, 6.45) is 1.67. The maximum absolute atomic E-state index is 12.5. The average Bonchev–Trinajstić information content (AvgIpc) is 2.82. The van der Waals surface area contributed by atoms with Crippen LogP contribution in [0.5, 0.6) is 11.5 Å². The predicted octanol–water partition coefficient (Wildman–Crippen LogP) is 4.67. The standard InChI is InChI=1S/C24H20N2O4/c1-28-18-12-10-16(11-13-18)15-30-23-21-19(9-6-14-25-21)20(17-7-4-3-5-8-17)26-22(23)24(27)29-2/h3-14H,15H2,1-2H3.